The fraction of sp³-hybridized carbons (Fsp3) is 0.609. The van der Waals surface area contributed by atoms with Crippen LogP contribution in [0.1, 0.15) is 71.3 Å². The molecule has 7 heteroatoms. The number of aromatic nitrogens is 3. The Labute approximate surface area is 185 Å². The van der Waals surface area contributed by atoms with Gasteiger partial charge in [-0.15, -0.1) is 10.2 Å². The molecule has 1 unspecified atom stereocenters. The lowest BCUT2D eigenvalue weighted by Crippen LogP contribution is -2.23. The third kappa shape index (κ3) is 6.32. The maximum atomic E-state index is 12.7. The van der Waals surface area contributed by atoms with E-state index in [9.17, 15) is 4.79 Å². The summed E-state index contributed by atoms with van der Waals surface area (Å²) in [6.45, 7) is 11.7. The Balaban J connectivity index is 2.14. The molecule has 0 radical (unpaired) electrons. The number of carbonyl (C=O) groups excluding carboxylic acids is 1. The number of para-hydroxylation sites is 1. The summed E-state index contributed by atoms with van der Waals surface area (Å²) in [6.07, 6.45) is 3.13. The number of hydrogen-bond acceptors (Lipinski definition) is 5. The third-order valence-corrected chi connectivity index (χ3v) is 6.10. The molecule has 6 nitrogen and oxygen atoms in total. The molecule has 1 heterocycles. The van der Waals surface area contributed by atoms with Crippen LogP contribution in [0.4, 0.5) is 5.69 Å². The zero-order chi connectivity index (χ0) is 22.3. The summed E-state index contributed by atoms with van der Waals surface area (Å²) in [7, 11) is 4.14. The zero-order valence-corrected chi connectivity index (χ0v) is 20.3. The monoisotopic (exact) mass is 431 g/mol. The largest absolute Gasteiger partial charge is 0.325 e. The Morgan fingerprint density at radius 2 is 1.90 bits per heavy atom. The third-order valence-electron chi connectivity index (χ3n) is 5.13. The highest BCUT2D eigenvalue weighted by atomic mass is 32.2. The molecule has 0 bridgehead atoms. The summed E-state index contributed by atoms with van der Waals surface area (Å²) in [4.78, 5) is 14.9. The fourth-order valence-corrected chi connectivity index (χ4v) is 4.29. The summed E-state index contributed by atoms with van der Waals surface area (Å²) in [6, 6.07) is 8.22. The van der Waals surface area contributed by atoms with Gasteiger partial charge < -0.3 is 9.88 Å². The number of carbonyl (C=O) groups is 1. The van der Waals surface area contributed by atoms with E-state index < -0.39 is 0 Å². The minimum absolute atomic E-state index is 0.0251. The van der Waals surface area contributed by atoms with Crippen molar-refractivity contribution >= 4 is 23.4 Å². The molecule has 0 saturated carbocycles. The Hall–Kier alpha value is -1.86. The van der Waals surface area contributed by atoms with Crippen LogP contribution in [-0.2, 0) is 16.8 Å². The SMILES string of the molecule is CCCCn1c(SCC(=O)Nc2ccccc2C(C)(C)C)nnc1C(CC)N(C)C. The fourth-order valence-electron chi connectivity index (χ4n) is 3.52. The van der Waals surface area contributed by atoms with Crippen molar-refractivity contribution in [1.82, 2.24) is 19.7 Å². The number of amides is 1. The van der Waals surface area contributed by atoms with Crippen LogP contribution in [0.2, 0.25) is 0 Å². The molecule has 1 N–H and O–H groups in total. The number of rotatable bonds is 10. The van der Waals surface area contributed by atoms with Crippen LogP contribution in [0.3, 0.4) is 0 Å². The second-order valence-corrected chi connectivity index (χ2v) is 9.81. The summed E-state index contributed by atoms with van der Waals surface area (Å²) in [5, 5.41) is 12.8. The van der Waals surface area contributed by atoms with Gasteiger partial charge in [-0.2, -0.15) is 0 Å². The topological polar surface area (TPSA) is 63.1 Å². The van der Waals surface area contributed by atoms with Gasteiger partial charge in [0.05, 0.1) is 11.8 Å². The van der Waals surface area contributed by atoms with E-state index in [0.717, 1.165) is 48.0 Å². The maximum Gasteiger partial charge on any atom is 0.234 e. The molecule has 0 saturated heterocycles. The van der Waals surface area contributed by atoms with Crippen LogP contribution < -0.4 is 5.32 Å². The van der Waals surface area contributed by atoms with E-state index >= 15 is 0 Å². The number of benzene rings is 1. The minimum atomic E-state index is -0.0341. The smallest absolute Gasteiger partial charge is 0.234 e. The van der Waals surface area contributed by atoms with Crippen LogP contribution in [0.25, 0.3) is 0 Å². The van der Waals surface area contributed by atoms with Crippen molar-refractivity contribution in [3.63, 3.8) is 0 Å². The van der Waals surface area contributed by atoms with Gasteiger partial charge in [-0.3, -0.25) is 9.69 Å². The molecule has 0 aliphatic heterocycles. The van der Waals surface area contributed by atoms with Gasteiger partial charge in [0, 0.05) is 12.2 Å². The Kier molecular flexibility index (Phi) is 8.92. The lowest BCUT2D eigenvalue weighted by Gasteiger charge is -2.23. The van der Waals surface area contributed by atoms with Crippen molar-refractivity contribution < 1.29 is 4.79 Å². The van der Waals surface area contributed by atoms with Gasteiger partial charge >= 0.3 is 0 Å². The molecular formula is C23H37N5OS. The van der Waals surface area contributed by atoms with Gasteiger partial charge in [0.25, 0.3) is 0 Å². The lowest BCUT2D eigenvalue weighted by atomic mass is 9.86. The minimum Gasteiger partial charge on any atom is -0.325 e. The summed E-state index contributed by atoms with van der Waals surface area (Å²) >= 11 is 1.46. The molecule has 1 aromatic heterocycles. The molecule has 166 valence electrons. The van der Waals surface area contributed by atoms with Gasteiger partial charge in [0.15, 0.2) is 11.0 Å². The molecule has 0 fully saturated rings. The molecule has 0 aliphatic carbocycles. The molecule has 2 aromatic rings. The lowest BCUT2D eigenvalue weighted by molar-refractivity contribution is -0.113. The quantitative estimate of drug-likeness (QED) is 0.529. The van der Waals surface area contributed by atoms with Gasteiger partial charge in [-0.25, -0.2) is 0 Å². The van der Waals surface area contributed by atoms with Crippen molar-refractivity contribution in [3.05, 3.63) is 35.7 Å². The normalized spacial score (nSPS) is 12.9. The number of nitrogens with one attached hydrogen (secondary N) is 1. The van der Waals surface area contributed by atoms with Crippen LogP contribution in [-0.4, -0.2) is 45.4 Å². The van der Waals surface area contributed by atoms with Crippen LogP contribution >= 0.6 is 11.8 Å². The first-order valence-electron chi connectivity index (χ1n) is 10.8. The first kappa shape index (κ1) is 24.4. The van der Waals surface area contributed by atoms with E-state index in [0.29, 0.717) is 5.75 Å². The highest BCUT2D eigenvalue weighted by molar-refractivity contribution is 7.99. The Morgan fingerprint density at radius 3 is 2.50 bits per heavy atom. The van der Waals surface area contributed by atoms with Gasteiger partial charge in [0.2, 0.25) is 5.91 Å². The number of thioether (sulfide) groups is 1. The van der Waals surface area contributed by atoms with E-state index in [-0.39, 0.29) is 17.4 Å². The molecule has 0 spiro atoms. The molecule has 2 rings (SSSR count). The van der Waals surface area contributed by atoms with Crippen molar-refractivity contribution in [2.24, 2.45) is 0 Å². The predicted octanol–water partition coefficient (Wildman–Crippen LogP) is 5.12. The van der Waals surface area contributed by atoms with Crippen molar-refractivity contribution in [2.75, 3.05) is 25.2 Å². The second-order valence-electron chi connectivity index (χ2n) is 8.87. The van der Waals surface area contributed by atoms with Crippen molar-refractivity contribution in [2.45, 2.75) is 77.0 Å². The first-order valence-corrected chi connectivity index (χ1v) is 11.8. The van der Waals surface area contributed by atoms with E-state index in [1.165, 1.54) is 11.8 Å². The molecule has 1 aromatic carbocycles. The average molecular weight is 432 g/mol. The maximum absolute atomic E-state index is 12.7. The van der Waals surface area contributed by atoms with E-state index in [1.54, 1.807) is 0 Å². The molecular weight excluding hydrogens is 394 g/mol. The molecule has 1 atom stereocenters. The Morgan fingerprint density at radius 1 is 1.20 bits per heavy atom. The van der Waals surface area contributed by atoms with E-state index in [4.69, 9.17) is 0 Å². The van der Waals surface area contributed by atoms with Crippen molar-refractivity contribution in [3.8, 4) is 0 Å². The van der Waals surface area contributed by atoms with Gasteiger partial charge in [-0.1, -0.05) is 71.0 Å². The van der Waals surface area contributed by atoms with Gasteiger partial charge in [-0.05, 0) is 44.0 Å². The molecule has 30 heavy (non-hydrogen) atoms. The molecule has 1 amide bonds. The number of nitrogens with zero attached hydrogens (tertiary/aromatic N) is 4. The number of unbranched alkanes of at least 4 members (excludes halogenated alkanes) is 1. The highest BCUT2D eigenvalue weighted by Gasteiger charge is 2.23. The van der Waals surface area contributed by atoms with Crippen LogP contribution in [0.5, 0.6) is 0 Å². The predicted molar refractivity (Wildman–Crippen MR) is 126 cm³/mol. The Bertz CT molecular complexity index is 825. The summed E-state index contributed by atoms with van der Waals surface area (Å²) < 4.78 is 2.19. The summed E-state index contributed by atoms with van der Waals surface area (Å²) in [5.74, 6) is 1.27. The highest BCUT2D eigenvalue weighted by Crippen LogP contribution is 2.30. The standard InChI is InChI=1S/C23H37N5OS/c1-8-10-15-28-21(19(9-2)27(6)7)25-26-22(28)30-16-20(29)24-18-14-12-11-13-17(18)23(3,4)5/h11-14,19H,8-10,15-16H2,1-7H3,(H,24,29). The van der Waals surface area contributed by atoms with Gasteiger partial charge in [0.1, 0.15) is 0 Å². The molecule has 0 aliphatic rings. The van der Waals surface area contributed by atoms with E-state index in [2.05, 4.69) is 79.8 Å². The first-order chi connectivity index (χ1) is 14.2. The number of anilines is 1. The second kappa shape index (κ2) is 11.0. The van der Waals surface area contributed by atoms with Crippen LogP contribution in [0.15, 0.2) is 29.4 Å². The number of hydrogen-bond donors (Lipinski definition) is 1. The van der Waals surface area contributed by atoms with Crippen molar-refractivity contribution in [1.29, 1.82) is 0 Å². The zero-order valence-electron chi connectivity index (χ0n) is 19.5. The summed E-state index contributed by atoms with van der Waals surface area (Å²) in [5.41, 5.74) is 1.98. The van der Waals surface area contributed by atoms with Crippen LogP contribution in [0, 0.1) is 0 Å². The average Bonchev–Trinajstić information content (AvgIpc) is 3.07. The van der Waals surface area contributed by atoms with E-state index in [1.807, 2.05) is 18.2 Å².